The zero-order valence-corrected chi connectivity index (χ0v) is 10.1. The number of nitrogens with one attached hydrogen (secondary N) is 1. The second-order valence-electron chi connectivity index (χ2n) is 4.06. The minimum atomic E-state index is 0.0887. The van der Waals surface area contributed by atoms with Gasteiger partial charge in [0.2, 0.25) is 0 Å². The van der Waals surface area contributed by atoms with Gasteiger partial charge in [-0.05, 0) is 30.8 Å². The molecule has 2 rings (SSSR count). The predicted molar refractivity (Wildman–Crippen MR) is 65.1 cm³/mol. The molecular formula is C12H17NO2S. The molecule has 0 radical (unpaired) electrons. The molecule has 0 saturated carbocycles. The van der Waals surface area contributed by atoms with E-state index in [9.17, 15) is 4.79 Å². The van der Waals surface area contributed by atoms with Crippen LogP contribution in [-0.2, 0) is 4.74 Å². The van der Waals surface area contributed by atoms with Gasteiger partial charge in [-0.1, -0.05) is 12.5 Å². The average molecular weight is 239 g/mol. The highest BCUT2D eigenvalue weighted by molar-refractivity contribution is 7.12. The van der Waals surface area contributed by atoms with Crippen molar-refractivity contribution in [3.8, 4) is 0 Å². The Morgan fingerprint density at radius 2 is 2.50 bits per heavy atom. The van der Waals surface area contributed by atoms with Gasteiger partial charge in [-0.15, -0.1) is 11.3 Å². The van der Waals surface area contributed by atoms with Gasteiger partial charge < -0.3 is 10.1 Å². The zero-order valence-electron chi connectivity index (χ0n) is 9.28. The molecule has 3 nitrogen and oxygen atoms in total. The Bertz CT molecular complexity index is 318. The fourth-order valence-corrected chi connectivity index (χ4v) is 2.52. The Morgan fingerprint density at radius 3 is 3.19 bits per heavy atom. The van der Waals surface area contributed by atoms with Crippen molar-refractivity contribution in [3.63, 3.8) is 0 Å². The van der Waals surface area contributed by atoms with Crippen molar-refractivity contribution in [2.24, 2.45) is 0 Å². The van der Waals surface area contributed by atoms with Crippen LogP contribution in [0.1, 0.15) is 28.9 Å². The molecule has 16 heavy (non-hydrogen) atoms. The van der Waals surface area contributed by atoms with Gasteiger partial charge in [-0.3, -0.25) is 4.79 Å². The van der Waals surface area contributed by atoms with Crippen LogP contribution in [0.3, 0.4) is 0 Å². The quantitative estimate of drug-likeness (QED) is 0.800. The van der Waals surface area contributed by atoms with Gasteiger partial charge in [-0.2, -0.15) is 0 Å². The van der Waals surface area contributed by atoms with Crippen LogP contribution in [0.25, 0.3) is 0 Å². The molecule has 2 heterocycles. The fraction of sp³-hybridized carbons (Fsp3) is 0.583. The van der Waals surface area contributed by atoms with E-state index >= 15 is 0 Å². The molecular weight excluding hydrogens is 222 g/mol. The van der Waals surface area contributed by atoms with E-state index in [0.29, 0.717) is 12.6 Å². The number of piperidine rings is 1. The zero-order chi connectivity index (χ0) is 11.2. The number of carbonyl (C=O) groups is 1. The summed E-state index contributed by atoms with van der Waals surface area (Å²) in [7, 11) is 0. The number of ether oxygens (including phenoxy) is 1. The van der Waals surface area contributed by atoms with Crippen LogP contribution >= 0.6 is 11.3 Å². The summed E-state index contributed by atoms with van der Waals surface area (Å²) in [6.07, 6.45) is 3.68. The van der Waals surface area contributed by atoms with Crippen LogP contribution < -0.4 is 5.32 Å². The number of hydrogen-bond donors (Lipinski definition) is 1. The van der Waals surface area contributed by atoms with Gasteiger partial charge in [0, 0.05) is 6.04 Å². The number of Topliss-reactive ketones (excluding diaryl/α,β-unsaturated/α-hetero) is 1. The van der Waals surface area contributed by atoms with Crippen molar-refractivity contribution in [1.82, 2.24) is 5.32 Å². The summed E-state index contributed by atoms with van der Waals surface area (Å²) >= 11 is 1.47. The number of thiophene rings is 1. The highest BCUT2D eigenvalue weighted by atomic mass is 32.1. The van der Waals surface area contributed by atoms with Crippen molar-refractivity contribution < 1.29 is 9.53 Å². The first-order valence-corrected chi connectivity index (χ1v) is 6.62. The van der Waals surface area contributed by atoms with Crippen molar-refractivity contribution >= 4 is 17.1 Å². The maximum absolute atomic E-state index is 11.6. The lowest BCUT2D eigenvalue weighted by molar-refractivity contribution is 0.0695. The number of hydrogen-bond acceptors (Lipinski definition) is 4. The molecule has 1 aliphatic rings. The van der Waals surface area contributed by atoms with Crippen LogP contribution in [0.15, 0.2) is 17.5 Å². The lowest BCUT2D eigenvalue weighted by Crippen LogP contribution is -2.38. The van der Waals surface area contributed by atoms with E-state index in [-0.39, 0.29) is 12.4 Å². The molecule has 0 aliphatic carbocycles. The van der Waals surface area contributed by atoms with Crippen molar-refractivity contribution in [3.05, 3.63) is 22.4 Å². The maximum Gasteiger partial charge on any atom is 0.198 e. The normalized spacial score (nSPS) is 20.9. The third-order valence-corrected chi connectivity index (χ3v) is 3.67. The smallest absolute Gasteiger partial charge is 0.198 e. The van der Waals surface area contributed by atoms with Gasteiger partial charge >= 0.3 is 0 Å². The minimum absolute atomic E-state index is 0.0887. The van der Waals surface area contributed by atoms with E-state index < -0.39 is 0 Å². The summed E-state index contributed by atoms with van der Waals surface area (Å²) in [6.45, 7) is 1.93. The molecule has 0 spiro atoms. The molecule has 1 unspecified atom stereocenters. The van der Waals surface area contributed by atoms with Crippen molar-refractivity contribution in [2.45, 2.75) is 25.3 Å². The standard InChI is InChI=1S/C12H17NO2S/c14-11(12-5-3-7-16-12)9-15-8-10-4-1-2-6-13-10/h3,5,7,10,13H,1-2,4,6,8-9H2. The average Bonchev–Trinajstić information content (AvgIpc) is 2.84. The minimum Gasteiger partial charge on any atom is -0.372 e. The largest absolute Gasteiger partial charge is 0.372 e. The van der Waals surface area contributed by atoms with E-state index in [1.807, 2.05) is 17.5 Å². The SMILES string of the molecule is O=C(COCC1CCCCN1)c1cccs1. The Kier molecular flexibility index (Phi) is 4.51. The van der Waals surface area contributed by atoms with Crippen LogP contribution in [-0.4, -0.2) is 31.6 Å². The lowest BCUT2D eigenvalue weighted by Gasteiger charge is -2.22. The summed E-state index contributed by atoms with van der Waals surface area (Å²) in [5.74, 6) is 0.0887. The van der Waals surface area contributed by atoms with E-state index in [0.717, 1.165) is 17.8 Å². The molecule has 0 amide bonds. The van der Waals surface area contributed by atoms with Gasteiger partial charge in [0.25, 0.3) is 0 Å². The maximum atomic E-state index is 11.6. The molecule has 0 aromatic carbocycles. The van der Waals surface area contributed by atoms with Crippen LogP contribution in [0.2, 0.25) is 0 Å². The highest BCUT2D eigenvalue weighted by Gasteiger charge is 2.13. The van der Waals surface area contributed by atoms with Crippen LogP contribution in [0, 0.1) is 0 Å². The second-order valence-corrected chi connectivity index (χ2v) is 5.01. The first-order valence-electron chi connectivity index (χ1n) is 5.74. The molecule has 4 heteroatoms. The number of ketones is 1. The summed E-state index contributed by atoms with van der Waals surface area (Å²) < 4.78 is 5.45. The van der Waals surface area contributed by atoms with E-state index in [1.54, 1.807) is 0 Å². The Labute approximate surface area is 99.8 Å². The fourth-order valence-electron chi connectivity index (χ4n) is 1.87. The topological polar surface area (TPSA) is 38.3 Å². The lowest BCUT2D eigenvalue weighted by atomic mass is 10.1. The van der Waals surface area contributed by atoms with E-state index in [1.165, 1.54) is 24.2 Å². The summed E-state index contributed by atoms with van der Waals surface area (Å²) in [4.78, 5) is 12.4. The van der Waals surface area contributed by atoms with Gasteiger partial charge in [0.1, 0.15) is 6.61 Å². The first kappa shape index (κ1) is 11.8. The monoisotopic (exact) mass is 239 g/mol. The molecule has 1 aromatic heterocycles. The summed E-state index contributed by atoms with van der Waals surface area (Å²) in [5.41, 5.74) is 0. The molecule has 88 valence electrons. The van der Waals surface area contributed by atoms with E-state index in [4.69, 9.17) is 4.74 Å². The molecule has 1 saturated heterocycles. The predicted octanol–water partition coefficient (Wildman–Crippen LogP) is 2.09. The van der Waals surface area contributed by atoms with Crippen LogP contribution in [0.5, 0.6) is 0 Å². The Balaban J connectivity index is 1.66. The molecule has 1 atom stereocenters. The second kappa shape index (κ2) is 6.13. The van der Waals surface area contributed by atoms with Gasteiger partial charge in [0.15, 0.2) is 5.78 Å². The van der Waals surface area contributed by atoms with Gasteiger partial charge in [0.05, 0.1) is 11.5 Å². The molecule has 1 aliphatic heterocycles. The molecule has 0 bridgehead atoms. The third-order valence-electron chi connectivity index (χ3n) is 2.76. The summed E-state index contributed by atoms with van der Waals surface area (Å²) in [5, 5.41) is 5.31. The van der Waals surface area contributed by atoms with Crippen molar-refractivity contribution in [2.75, 3.05) is 19.8 Å². The first-order chi connectivity index (χ1) is 7.86. The van der Waals surface area contributed by atoms with Gasteiger partial charge in [-0.25, -0.2) is 0 Å². The van der Waals surface area contributed by atoms with Crippen LogP contribution in [0.4, 0.5) is 0 Å². The number of rotatable bonds is 5. The molecule has 1 aromatic rings. The Morgan fingerprint density at radius 1 is 1.56 bits per heavy atom. The van der Waals surface area contributed by atoms with Crippen molar-refractivity contribution in [1.29, 1.82) is 0 Å². The Hall–Kier alpha value is -0.710. The third kappa shape index (κ3) is 3.40. The summed E-state index contributed by atoms with van der Waals surface area (Å²) in [6, 6.07) is 4.17. The van der Waals surface area contributed by atoms with E-state index in [2.05, 4.69) is 5.32 Å². The molecule has 1 N–H and O–H groups in total. The molecule has 1 fully saturated rings. The number of carbonyl (C=O) groups excluding carboxylic acids is 1. The highest BCUT2D eigenvalue weighted by Crippen LogP contribution is 2.10.